The van der Waals surface area contributed by atoms with Gasteiger partial charge in [-0.3, -0.25) is 4.99 Å². The Kier molecular flexibility index (Phi) is 2.11. The lowest BCUT2D eigenvalue weighted by molar-refractivity contribution is 0.475. The van der Waals surface area contributed by atoms with E-state index >= 15 is 0 Å². The van der Waals surface area contributed by atoms with Crippen molar-refractivity contribution in [3.8, 4) is 5.75 Å². The van der Waals surface area contributed by atoms with E-state index in [1.165, 1.54) is 0 Å². The summed E-state index contributed by atoms with van der Waals surface area (Å²) >= 11 is 0. The van der Waals surface area contributed by atoms with Crippen LogP contribution in [0.1, 0.15) is 5.56 Å². The quantitative estimate of drug-likeness (QED) is 0.458. The summed E-state index contributed by atoms with van der Waals surface area (Å²) < 4.78 is 0. The number of rotatable bonds is 1. The lowest BCUT2D eigenvalue weighted by Gasteiger charge is -1.98. The SMILES string of the molecule is CN=C(N)c1cccc(O)c1. The molecular formula is C8H10N2O. The fourth-order valence-corrected chi connectivity index (χ4v) is 0.794. The molecule has 0 aliphatic heterocycles. The Morgan fingerprint density at radius 1 is 1.55 bits per heavy atom. The molecule has 0 bridgehead atoms. The van der Waals surface area contributed by atoms with Crippen LogP contribution in [0.15, 0.2) is 29.3 Å². The highest BCUT2D eigenvalue weighted by atomic mass is 16.3. The van der Waals surface area contributed by atoms with Crippen LogP contribution in [0.3, 0.4) is 0 Å². The van der Waals surface area contributed by atoms with Crippen molar-refractivity contribution in [2.75, 3.05) is 7.05 Å². The first-order valence-corrected chi connectivity index (χ1v) is 3.25. The van der Waals surface area contributed by atoms with E-state index in [0.717, 1.165) is 5.56 Å². The zero-order valence-corrected chi connectivity index (χ0v) is 6.28. The summed E-state index contributed by atoms with van der Waals surface area (Å²) in [7, 11) is 1.61. The summed E-state index contributed by atoms with van der Waals surface area (Å²) in [5.74, 6) is 0.634. The molecule has 1 rings (SSSR count). The maximum Gasteiger partial charge on any atom is 0.125 e. The number of aliphatic imine (C=N–C) groups is 1. The lowest BCUT2D eigenvalue weighted by atomic mass is 10.2. The highest BCUT2D eigenvalue weighted by Crippen LogP contribution is 2.09. The molecule has 0 fully saturated rings. The first-order valence-electron chi connectivity index (χ1n) is 3.25. The first kappa shape index (κ1) is 7.60. The van der Waals surface area contributed by atoms with Crippen molar-refractivity contribution in [1.82, 2.24) is 0 Å². The molecule has 3 nitrogen and oxygen atoms in total. The van der Waals surface area contributed by atoms with Gasteiger partial charge in [0.05, 0.1) is 0 Å². The average Bonchev–Trinajstić information content (AvgIpc) is 2.03. The topological polar surface area (TPSA) is 58.6 Å². The molecule has 0 unspecified atom stereocenters. The molecule has 0 heterocycles. The van der Waals surface area contributed by atoms with Crippen LogP contribution in [0.25, 0.3) is 0 Å². The molecule has 0 aliphatic carbocycles. The van der Waals surface area contributed by atoms with Crippen LogP contribution in [0.2, 0.25) is 0 Å². The predicted molar refractivity (Wildman–Crippen MR) is 44.8 cm³/mol. The third-order valence-corrected chi connectivity index (χ3v) is 1.38. The Balaban J connectivity index is 3.06. The Bertz CT molecular complexity index is 281. The molecular weight excluding hydrogens is 140 g/mol. The van der Waals surface area contributed by atoms with E-state index in [1.807, 2.05) is 0 Å². The first-order chi connectivity index (χ1) is 5.24. The summed E-state index contributed by atoms with van der Waals surface area (Å²) in [5.41, 5.74) is 6.25. The van der Waals surface area contributed by atoms with Crippen LogP contribution in [0.4, 0.5) is 0 Å². The highest BCUT2D eigenvalue weighted by molar-refractivity contribution is 5.97. The van der Waals surface area contributed by atoms with Gasteiger partial charge in [-0.05, 0) is 12.1 Å². The van der Waals surface area contributed by atoms with E-state index in [9.17, 15) is 0 Å². The minimum absolute atomic E-state index is 0.203. The van der Waals surface area contributed by atoms with E-state index in [0.29, 0.717) is 5.84 Å². The van der Waals surface area contributed by atoms with Gasteiger partial charge in [0, 0.05) is 12.6 Å². The van der Waals surface area contributed by atoms with Gasteiger partial charge in [-0.2, -0.15) is 0 Å². The molecule has 0 amide bonds. The molecule has 0 aliphatic rings. The Morgan fingerprint density at radius 2 is 2.27 bits per heavy atom. The van der Waals surface area contributed by atoms with E-state index in [4.69, 9.17) is 10.8 Å². The van der Waals surface area contributed by atoms with Gasteiger partial charge in [-0.25, -0.2) is 0 Å². The summed E-state index contributed by atoms with van der Waals surface area (Å²) in [6.45, 7) is 0. The summed E-state index contributed by atoms with van der Waals surface area (Å²) in [5, 5.41) is 9.05. The minimum Gasteiger partial charge on any atom is -0.508 e. The molecule has 1 aromatic rings. The Labute approximate surface area is 65.2 Å². The summed E-state index contributed by atoms with van der Waals surface area (Å²) in [4.78, 5) is 3.78. The fourth-order valence-electron chi connectivity index (χ4n) is 0.794. The van der Waals surface area contributed by atoms with Crippen molar-refractivity contribution in [3.63, 3.8) is 0 Å². The molecule has 0 atom stereocenters. The molecule has 0 aromatic heterocycles. The number of nitrogens with zero attached hydrogens (tertiary/aromatic N) is 1. The number of benzene rings is 1. The average molecular weight is 150 g/mol. The molecule has 58 valence electrons. The van der Waals surface area contributed by atoms with E-state index in [-0.39, 0.29) is 5.75 Å². The molecule has 0 saturated heterocycles. The molecule has 3 heteroatoms. The maximum atomic E-state index is 9.05. The second-order valence-corrected chi connectivity index (χ2v) is 2.16. The van der Waals surface area contributed by atoms with E-state index in [2.05, 4.69) is 4.99 Å². The molecule has 0 spiro atoms. The molecule has 0 radical (unpaired) electrons. The zero-order valence-electron chi connectivity index (χ0n) is 6.28. The van der Waals surface area contributed by atoms with Crippen LogP contribution >= 0.6 is 0 Å². The van der Waals surface area contributed by atoms with E-state index < -0.39 is 0 Å². The van der Waals surface area contributed by atoms with Gasteiger partial charge in [-0.15, -0.1) is 0 Å². The third-order valence-electron chi connectivity index (χ3n) is 1.38. The number of hydrogen-bond acceptors (Lipinski definition) is 2. The molecule has 3 N–H and O–H groups in total. The van der Waals surface area contributed by atoms with Crippen LogP contribution in [0.5, 0.6) is 5.75 Å². The predicted octanol–water partition coefficient (Wildman–Crippen LogP) is 0.727. The smallest absolute Gasteiger partial charge is 0.125 e. The Morgan fingerprint density at radius 3 is 2.82 bits per heavy atom. The lowest BCUT2D eigenvalue weighted by Crippen LogP contribution is -2.12. The Hall–Kier alpha value is -1.51. The largest absolute Gasteiger partial charge is 0.508 e. The second kappa shape index (κ2) is 3.05. The number of amidine groups is 1. The second-order valence-electron chi connectivity index (χ2n) is 2.16. The summed E-state index contributed by atoms with van der Waals surface area (Å²) in [6, 6.07) is 6.68. The van der Waals surface area contributed by atoms with Crippen molar-refractivity contribution in [2.24, 2.45) is 10.7 Å². The van der Waals surface area contributed by atoms with Crippen molar-refractivity contribution >= 4 is 5.84 Å². The normalized spacial score (nSPS) is 11.5. The van der Waals surface area contributed by atoms with Gasteiger partial charge in [0.15, 0.2) is 0 Å². The van der Waals surface area contributed by atoms with Gasteiger partial charge in [0.25, 0.3) is 0 Å². The van der Waals surface area contributed by atoms with Gasteiger partial charge >= 0.3 is 0 Å². The maximum absolute atomic E-state index is 9.05. The van der Waals surface area contributed by atoms with Crippen LogP contribution in [-0.4, -0.2) is 18.0 Å². The van der Waals surface area contributed by atoms with Gasteiger partial charge in [0.1, 0.15) is 11.6 Å². The van der Waals surface area contributed by atoms with E-state index in [1.54, 1.807) is 31.3 Å². The van der Waals surface area contributed by atoms with Crippen molar-refractivity contribution in [2.45, 2.75) is 0 Å². The summed E-state index contributed by atoms with van der Waals surface area (Å²) in [6.07, 6.45) is 0. The van der Waals surface area contributed by atoms with Crippen LogP contribution in [-0.2, 0) is 0 Å². The number of phenolic OH excluding ortho intramolecular Hbond substituents is 1. The van der Waals surface area contributed by atoms with Crippen LogP contribution in [0, 0.1) is 0 Å². The molecule has 11 heavy (non-hydrogen) atoms. The highest BCUT2D eigenvalue weighted by Gasteiger charge is 1.96. The van der Waals surface area contributed by atoms with Gasteiger partial charge < -0.3 is 10.8 Å². The fraction of sp³-hybridized carbons (Fsp3) is 0.125. The minimum atomic E-state index is 0.203. The molecule has 1 aromatic carbocycles. The third kappa shape index (κ3) is 1.70. The van der Waals surface area contributed by atoms with Crippen LogP contribution < -0.4 is 5.73 Å². The van der Waals surface area contributed by atoms with Gasteiger partial charge in [0.2, 0.25) is 0 Å². The number of aromatic hydroxyl groups is 1. The number of phenols is 1. The zero-order chi connectivity index (χ0) is 8.27. The van der Waals surface area contributed by atoms with Crippen molar-refractivity contribution < 1.29 is 5.11 Å². The standard InChI is InChI=1S/C8H10N2O/c1-10-8(9)6-3-2-4-7(11)5-6/h2-5,11H,1H3,(H2,9,10). The molecule has 0 saturated carbocycles. The van der Waals surface area contributed by atoms with Crippen molar-refractivity contribution in [1.29, 1.82) is 0 Å². The van der Waals surface area contributed by atoms with Crippen molar-refractivity contribution in [3.05, 3.63) is 29.8 Å². The monoisotopic (exact) mass is 150 g/mol. The van der Waals surface area contributed by atoms with Gasteiger partial charge in [-0.1, -0.05) is 12.1 Å². The number of nitrogens with two attached hydrogens (primary N) is 1. The number of hydrogen-bond donors (Lipinski definition) is 2.